The molecule has 9 heteroatoms. The number of fused-ring (bicyclic) bond motifs is 1. The maximum absolute atomic E-state index is 13.5. The number of benzene rings is 1. The van der Waals surface area contributed by atoms with Gasteiger partial charge in [-0.2, -0.15) is 0 Å². The highest BCUT2D eigenvalue weighted by molar-refractivity contribution is 6.46. The van der Waals surface area contributed by atoms with Gasteiger partial charge in [0.25, 0.3) is 11.7 Å². The van der Waals surface area contributed by atoms with Crippen molar-refractivity contribution in [3.05, 3.63) is 89.9 Å². The van der Waals surface area contributed by atoms with E-state index in [0.717, 1.165) is 6.42 Å². The van der Waals surface area contributed by atoms with Crippen molar-refractivity contribution < 1.29 is 19.4 Å². The summed E-state index contributed by atoms with van der Waals surface area (Å²) in [5.41, 5.74) is 2.36. The number of aryl methyl sites for hydroxylation is 2. The van der Waals surface area contributed by atoms with Crippen molar-refractivity contribution in [3.63, 3.8) is 0 Å². The van der Waals surface area contributed by atoms with Gasteiger partial charge in [-0.15, -0.1) is 0 Å². The SMILES string of the molecule is Cc1nc2ccccn2c1C(O)=C1C(=O)C(=O)N(CCCn2ccnc2)C1c1cccc(OCCC(C)C)c1. The number of hydrogen-bond donors (Lipinski definition) is 1. The Morgan fingerprint density at radius 1 is 1.10 bits per heavy atom. The number of rotatable bonds is 10. The van der Waals surface area contributed by atoms with Gasteiger partial charge < -0.3 is 19.3 Å². The number of likely N-dealkylation sites (tertiary alicyclic amines) is 1. The Labute approximate surface area is 227 Å². The third-order valence-corrected chi connectivity index (χ3v) is 6.98. The Balaban J connectivity index is 1.56. The number of Topliss-reactive ketones (excluding diaryl/α,β-unsaturated/α-hetero) is 1. The van der Waals surface area contributed by atoms with Crippen molar-refractivity contribution in [2.75, 3.05) is 13.2 Å². The van der Waals surface area contributed by atoms with Gasteiger partial charge in [-0.3, -0.25) is 14.0 Å². The molecule has 1 aliphatic heterocycles. The molecule has 0 spiro atoms. The second-order valence-electron chi connectivity index (χ2n) is 10.2. The van der Waals surface area contributed by atoms with Gasteiger partial charge in [-0.05, 0) is 55.5 Å². The van der Waals surface area contributed by atoms with E-state index < -0.39 is 17.7 Å². The van der Waals surface area contributed by atoms with Gasteiger partial charge in [-0.25, -0.2) is 9.97 Å². The number of carbonyl (C=O) groups is 2. The first kappa shape index (κ1) is 26.2. The third-order valence-electron chi connectivity index (χ3n) is 6.98. The number of ketones is 1. The van der Waals surface area contributed by atoms with Gasteiger partial charge in [0.1, 0.15) is 17.1 Å². The maximum Gasteiger partial charge on any atom is 0.295 e. The van der Waals surface area contributed by atoms with E-state index in [9.17, 15) is 14.7 Å². The van der Waals surface area contributed by atoms with Crippen LogP contribution in [0, 0.1) is 12.8 Å². The molecule has 4 heterocycles. The second-order valence-corrected chi connectivity index (χ2v) is 10.2. The van der Waals surface area contributed by atoms with Crippen LogP contribution < -0.4 is 4.74 Å². The van der Waals surface area contributed by atoms with Crippen molar-refractivity contribution in [1.82, 2.24) is 23.8 Å². The fraction of sp³-hybridized carbons (Fsp3) is 0.333. The van der Waals surface area contributed by atoms with Crippen molar-refractivity contribution in [2.24, 2.45) is 5.92 Å². The van der Waals surface area contributed by atoms with Crippen LogP contribution in [0.3, 0.4) is 0 Å². The predicted octanol–water partition coefficient (Wildman–Crippen LogP) is 4.78. The topological polar surface area (TPSA) is 102 Å². The smallest absolute Gasteiger partial charge is 0.295 e. The molecule has 0 bridgehead atoms. The molecule has 1 N–H and O–H groups in total. The van der Waals surface area contributed by atoms with Crippen LogP contribution in [0.25, 0.3) is 11.4 Å². The van der Waals surface area contributed by atoms with Crippen LogP contribution >= 0.6 is 0 Å². The highest BCUT2D eigenvalue weighted by Gasteiger charge is 2.46. The molecule has 1 saturated heterocycles. The first-order chi connectivity index (χ1) is 18.8. The standard InChI is InChI=1S/C30H33N5O4/c1-20(2)11-17-39-23-9-6-8-22(18-23)27-25(28(36)26-21(3)32-24-10-4-5-14-34(24)26)29(37)30(38)35(27)15-7-13-33-16-12-31-19-33/h4-6,8-10,12,14,16,18-20,27,36H,7,11,13,15,17H2,1-3H3. The molecule has 1 atom stereocenters. The molecule has 202 valence electrons. The number of carbonyl (C=O) groups excluding carboxylic acids is 2. The first-order valence-electron chi connectivity index (χ1n) is 13.3. The maximum atomic E-state index is 13.5. The number of imidazole rings is 2. The number of amides is 1. The van der Waals surface area contributed by atoms with Gasteiger partial charge in [0.05, 0.1) is 30.2 Å². The Morgan fingerprint density at radius 3 is 2.72 bits per heavy atom. The van der Waals surface area contributed by atoms with Crippen LogP contribution in [0.1, 0.15) is 49.7 Å². The van der Waals surface area contributed by atoms with Crippen LogP contribution in [0.4, 0.5) is 0 Å². The van der Waals surface area contributed by atoms with Crippen LogP contribution in [0.15, 0.2) is 73.0 Å². The lowest BCUT2D eigenvalue weighted by molar-refractivity contribution is -0.139. The molecule has 0 radical (unpaired) electrons. The first-order valence-corrected chi connectivity index (χ1v) is 13.3. The monoisotopic (exact) mass is 527 g/mol. The van der Waals surface area contributed by atoms with E-state index >= 15 is 0 Å². The highest BCUT2D eigenvalue weighted by Crippen LogP contribution is 2.41. The van der Waals surface area contributed by atoms with E-state index in [1.807, 2.05) is 53.2 Å². The zero-order valence-corrected chi connectivity index (χ0v) is 22.4. The molecule has 1 aliphatic rings. The summed E-state index contributed by atoms with van der Waals surface area (Å²) in [5, 5.41) is 11.6. The van der Waals surface area contributed by atoms with Crippen LogP contribution in [-0.4, -0.2) is 53.8 Å². The molecule has 5 rings (SSSR count). The molecular formula is C30H33N5O4. The number of aromatic nitrogens is 4. The highest BCUT2D eigenvalue weighted by atomic mass is 16.5. The summed E-state index contributed by atoms with van der Waals surface area (Å²) in [6.45, 7) is 7.59. The summed E-state index contributed by atoms with van der Waals surface area (Å²) in [4.78, 5) is 37.1. The zero-order valence-electron chi connectivity index (χ0n) is 22.4. The van der Waals surface area contributed by atoms with Crippen LogP contribution in [0.2, 0.25) is 0 Å². The lowest BCUT2D eigenvalue weighted by Crippen LogP contribution is -2.31. The van der Waals surface area contributed by atoms with E-state index in [1.54, 1.807) is 34.9 Å². The number of aliphatic hydroxyl groups excluding tert-OH is 1. The molecule has 0 aliphatic carbocycles. The predicted molar refractivity (Wildman–Crippen MR) is 147 cm³/mol. The minimum atomic E-state index is -0.768. The van der Waals surface area contributed by atoms with E-state index in [1.165, 1.54) is 0 Å². The van der Waals surface area contributed by atoms with E-state index in [-0.39, 0.29) is 11.3 Å². The number of aliphatic hydroxyl groups is 1. The molecule has 1 fully saturated rings. The summed E-state index contributed by atoms with van der Waals surface area (Å²) < 4.78 is 9.65. The third kappa shape index (κ3) is 5.30. The summed E-state index contributed by atoms with van der Waals surface area (Å²) in [7, 11) is 0. The minimum Gasteiger partial charge on any atom is -0.505 e. The molecule has 9 nitrogen and oxygen atoms in total. The summed E-state index contributed by atoms with van der Waals surface area (Å²) in [6.07, 6.45) is 8.58. The summed E-state index contributed by atoms with van der Waals surface area (Å²) >= 11 is 0. The lowest BCUT2D eigenvalue weighted by atomic mass is 9.96. The Hall–Kier alpha value is -4.40. The fourth-order valence-corrected chi connectivity index (χ4v) is 5.01. The van der Waals surface area contributed by atoms with Crippen molar-refractivity contribution >= 4 is 23.1 Å². The lowest BCUT2D eigenvalue weighted by Gasteiger charge is -2.26. The van der Waals surface area contributed by atoms with Crippen molar-refractivity contribution in [3.8, 4) is 5.75 Å². The average molecular weight is 528 g/mol. The molecule has 0 saturated carbocycles. The summed E-state index contributed by atoms with van der Waals surface area (Å²) in [6, 6.07) is 12.2. The quantitative estimate of drug-likeness (QED) is 0.181. The van der Waals surface area contributed by atoms with Gasteiger partial charge in [-0.1, -0.05) is 32.0 Å². The number of hydrogen-bond acceptors (Lipinski definition) is 6. The number of ether oxygens (including phenoxy) is 1. The Morgan fingerprint density at radius 2 is 1.95 bits per heavy atom. The van der Waals surface area contributed by atoms with Gasteiger partial charge >= 0.3 is 0 Å². The average Bonchev–Trinajstić information content (AvgIpc) is 3.61. The summed E-state index contributed by atoms with van der Waals surface area (Å²) in [5.74, 6) is -0.424. The zero-order chi connectivity index (χ0) is 27.5. The number of pyridine rings is 1. The molecule has 39 heavy (non-hydrogen) atoms. The minimum absolute atomic E-state index is 0.0516. The molecule has 4 aromatic rings. The van der Waals surface area contributed by atoms with Crippen molar-refractivity contribution in [2.45, 2.75) is 46.2 Å². The van der Waals surface area contributed by atoms with Gasteiger partial charge in [0.15, 0.2) is 5.76 Å². The molecular weight excluding hydrogens is 494 g/mol. The van der Waals surface area contributed by atoms with Gasteiger partial charge in [0, 0.05) is 31.7 Å². The van der Waals surface area contributed by atoms with Gasteiger partial charge in [0.2, 0.25) is 0 Å². The normalized spacial score (nSPS) is 17.0. The largest absolute Gasteiger partial charge is 0.505 e. The van der Waals surface area contributed by atoms with Crippen molar-refractivity contribution in [1.29, 1.82) is 0 Å². The van der Waals surface area contributed by atoms with Crippen LogP contribution in [-0.2, 0) is 16.1 Å². The van der Waals surface area contributed by atoms with E-state index in [2.05, 4.69) is 23.8 Å². The molecule has 3 aromatic heterocycles. The molecule has 1 unspecified atom stereocenters. The Kier molecular flexibility index (Phi) is 7.49. The Bertz CT molecular complexity index is 1520. The fourth-order valence-electron chi connectivity index (χ4n) is 5.01. The van der Waals surface area contributed by atoms with E-state index in [0.29, 0.717) is 60.4 Å². The second kappa shape index (κ2) is 11.1. The number of nitrogens with zero attached hydrogens (tertiary/aromatic N) is 5. The molecule has 1 aromatic carbocycles. The molecule has 1 amide bonds. The van der Waals surface area contributed by atoms with E-state index in [4.69, 9.17) is 4.74 Å². The van der Waals surface area contributed by atoms with Crippen LogP contribution in [0.5, 0.6) is 5.75 Å².